The highest BCUT2D eigenvalue weighted by Gasteiger charge is 2.07. The van der Waals surface area contributed by atoms with E-state index in [4.69, 9.17) is 17.0 Å². The van der Waals surface area contributed by atoms with Crippen molar-refractivity contribution in [3.63, 3.8) is 0 Å². The molecule has 80 valence electrons. The van der Waals surface area contributed by atoms with Crippen molar-refractivity contribution < 1.29 is 26.2 Å². The van der Waals surface area contributed by atoms with E-state index in [9.17, 15) is 0 Å². The van der Waals surface area contributed by atoms with Crippen LogP contribution in [0, 0.1) is 0 Å². The zero-order chi connectivity index (χ0) is 9.78. The van der Waals surface area contributed by atoms with Gasteiger partial charge in [0.2, 0.25) is 0 Å². The lowest BCUT2D eigenvalue weighted by Crippen LogP contribution is -3.00. The van der Waals surface area contributed by atoms with Crippen LogP contribution in [0.15, 0.2) is 0 Å². The van der Waals surface area contributed by atoms with Gasteiger partial charge in [-0.2, -0.15) is 0 Å². The molecule has 0 bridgehead atoms. The number of halogens is 1. The molecule has 0 saturated carbocycles. The number of hydrogen-bond acceptors (Lipinski definition) is 2. The van der Waals surface area contributed by atoms with Crippen molar-refractivity contribution >= 4 is 17.4 Å². The Morgan fingerprint density at radius 2 is 1.77 bits per heavy atom. The van der Waals surface area contributed by atoms with Gasteiger partial charge in [0.15, 0.2) is 0 Å². The molecule has 0 atom stereocenters. The second-order valence-electron chi connectivity index (χ2n) is 4.02. The predicted molar refractivity (Wildman–Crippen MR) is 55.1 cm³/mol. The molecule has 3 nitrogen and oxygen atoms in total. The molecule has 0 aliphatic heterocycles. The van der Waals surface area contributed by atoms with Gasteiger partial charge in [0.25, 0.3) is 5.17 Å². The van der Waals surface area contributed by atoms with Gasteiger partial charge in [0.1, 0.15) is 13.2 Å². The van der Waals surface area contributed by atoms with E-state index in [1.54, 1.807) is 4.90 Å². The van der Waals surface area contributed by atoms with E-state index in [-0.39, 0.29) is 17.0 Å². The van der Waals surface area contributed by atoms with Crippen LogP contribution >= 0.6 is 12.2 Å². The molecule has 0 saturated heterocycles. The van der Waals surface area contributed by atoms with Gasteiger partial charge in [-0.05, 0) is 12.2 Å². The van der Waals surface area contributed by atoms with Crippen molar-refractivity contribution in [3.8, 4) is 0 Å². The Labute approximate surface area is 97.0 Å². The van der Waals surface area contributed by atoms with E-state index < -0.39 is 0 Å². The number of rotatable bonds is 3. The fourth-order valence-electron chi connectivity index (χ4n) is 0.536. The van der Waals surface area contributed by atoms with Gasteiger partial charge in [0, 0.05) is 14.1 Å². The summed E-state index contributed by atoms with van der Waals surface area (Å²) in [5, 5.41) is 0.559. The van der Waals surface area contributed by atoms with Crippen LogP contribution in [0.1, 0.15) is 0 Å². The van der Waals surface area contributed by atoms with Crippen molar-refractivity contribution in [2.45, 2.75) is 0 Å². The van der Waals surface area contributed by atoms with Crippen LogP contribution in [0.5, 0.6) is 0 Å². The summed E-state index contributed by atoms with van der Waals surface area (Å²) in [6.07, 6.45) is 0. The molecule has 0 radical (unpaired) electrons. The molecule has 0 fully saturated rings. The molecule has 13 heavy (non-hydrogen) atoms. The number of nitrogens with zero attached hydrogens (tertiary/aromatic N) is 2. The number of thiocarbonyl (C=S) groups is 1. The average molecular weight is 271 g/mol. The number of hydrogen-bond donors (Lipinski definition) is 0. The van der Waals surface area contributed by atoms with Crippen LogP contribution in [0.2, 0.25) is 0 Å². The van der Waals surface area contributed by atoms with Crippen molar-refractivity contribution in [1.29, 1.82) is 0 Å². The highest BCUT2D eigenvalue weighted by atomic mass is 79.9. The topological polar surface area (TPSA) is 12.5 Å². The van der Waals surface area contributed by atoms with E-state index in [1.807, 2.05) is 14.1 Å². The number of quaternary nitrogens is 1. The third-order valence-corrected chi connectivity index (χ3v) is 1.84. The smallest absolute Gasteiger partial charge is 0.258 e. The second-order valence-corrected chi connectivity index (χ2v) is 4.37. The lowest BCUT2D eigenvalue weighted by atomic mass is 10.5. The van der Waals surface area contributed by atoms with Crippen molar-refractivity contribution in [1.82, 2.24) is 4.90 Å². The van der Waals surface area contributed by atoms with Gasteiger partial charge in [-0.3, -0.25) is 0 Å². The first kappa shape index (κ1) is 15.6. The van der Waals surface area contributed by atoms with Gasteiger partial charge < -0.3 is 31.1 Å². The summed E-state index contributed by atoms with van der Waals surface area (Å²) in [5.74, 6) is 0. The molecule has 0 aromatic rings. The predicted octanol–water partition coefficient (Wildman–Crippen LogP) is -2.44. The zero-order valence-electron chi connectivity index (χ0n) is 9.00. The lowest BCUT2D eigenvalue weighted by molar-refractivity contribution is -0.870. The minimum atomic E-state index is 0. The molecule has 0 aliphatic rings. The standard InChI is InChI=1S/C8H19N2OS.BrH/c1-9(2)8(12)11-7-6-10(3,4)5;/h6-7H2,1-5H3;1H/q+1;/p-1. The Hall–Kier alpha value is 0.130. The molecular formula is C8H19BrN2OS. The van der Waals surface area contributed by atoms with Crippen molar-refractivity contribution in [2.24, 2.45) is 0 Å². The molecule has 0 amide bonds. The van der Waals surface area contributed by atoms with Crippen LogP contribution in [-0.4, -0.2) is 62.9 Å². The summed E-state index contributed by atoms with van der Waals surface area (Å²) in [6.45, 7) is 1.65. The largest absolute Gasteiger partial charge is 1.00 e. The van der Waals surface area contributed by atoms with Gasteiger partial charge in [0.05, 0.1) is 21.1 Å². The van der Waals surface area contributed by atoms with Gasteiger partial charge in [-0.1, -0.05) is 0 Å². The van der Waals surface area contributed by atoms with E-state index in [0.29, 0.717) is 11.8 Å². The van der Waals surface area contributed by atoms with Gasteiger partial charge >= 0.3 is 0 Å². The molecule has 0 rings (SSSR count). The van der Waals surface area contributed by atoms with E-state index in [1.165, 1.54) is 0 Å². The van der Waals surface area contributed by atoms with Crippen LogP contribution in [-0.2, 0) is 4.74 Å². The quantitative estimate of drug-likeness (QED) is 0.418. The molecule has 0 aliphatic carbocycles. The second kappa shape index (κ2) is 6.56. The Bertz CT molecular complexity index is 157. The van der Waals surface area contributed by atoms with Crippen LogP contribution in [0.4, 0.5) is 0 Å². The summed E-state index contributed by atoms with van der Waals surface area (Å²) >= 11 is 4.96. The van der Waals surface area contributed by atoms with Gasteiger partial charge in [-0.25, -0.2) is 0 Å². The van der Waals surface area contributed by atoms with Gasteiger partial charge in [-0.15, -0.1) is 0 Å². The zero-order valence-corrected chi connectivity index (χ0v) is 11.4. The minimum absolute atomic E-state index is 0. The Morgan fingerprint density at radius 1 is 1.31 bits per heavy atom. The summed E-state index contributed by atoms with van der Waals surface area (Å²) in [7, 11) is 10.1. The number of ether oxygens (including phenoxy) is 1. The maximum absolute atomic E-state index is 5.32. The highest BCUT2D eigenvalue weighted by Crippen LogP contribution is 1.92. The minimum Gasteiger partial charge on any atom is -1.00 e. The summed E-state index contributed by atoms with van der Waals surface area (Å²) < 4.78 is 6.22. The summed E-state index contributed by atoms with van der Waals surface area (Å²) in [4.78, 5) is 1.80. The van der Waals surface area contributed by atoms with Crippen LogP contribution in [0.25, 0.3) is 0 Å². The number of likely N-dealkylation sites (N-methyl/N-ethyl adjacent to an activating group) is 1. The van der Waals surface area contributed by atoms with Crippen LogP contribution < -0.4 is 17.0 Å². The summed E-state index contributed by atoms with van der Waals surface area (Å²) in [6, 6.07) is 0. The SMILES string of the molecule is CN(C)C(=S)OCC[N+](C)(C)C.[Br-]. The first-order chi connectivity index (χ1) is 5.33. The fraction of sp³-hybridized carbons (Fsp3) is 0.875. The maximum Gasteiger partial charge on any atom is 0.258 e. The average Bonchev–Trinajstić information content (AvgIpc) is 1.84. The Balaban J connectivity index is 0. The third kappa shape index (κ3) is 10.0. The Morgan fingerprint density at radius 3 is 2.08 bits per heavy atom. The third-order valence-electron chi connectivity index (χ3n) is 1.35. The molecule has 0 aromatic heterocycles. The molecule has 0 heterocycles. The van der Waals surface area contributed by atoms with E-state index in [2.05, 4.69) is 21.1 Å². The molecular weight excluding hydrogens is 252 g/mol. The summed E-state index contributed by atoms with van der Waals surface area (Å²) in [5.41, 5.74) is 0. The molecule has 5 heteroatoms. The normalized spacial score (nSPS) is 10.2. The lowest BCUT2D eigenvalue weighted by Gasteiger charge is -2.24. The highest BCUT2D eigenvalue weighted by molar-refractivity contribution is 7.80. The van der Waals surface area contributed by atoms with Crippen LogP contribution in [0.3, 0.4) is 0 Å². The molecule has 0 unspecified atom stereocenters. The first-order valence-corrected chi connectivity index (χ1v) is 4.38. The molecule has 0 spiro atoms. The molecule has 0 aromatic carbocycles. The van der Waals surface area contributed by atoms with Crippen molar-refractivity contribution in [3.05, 3.63) is 0 Å². The monoisotopic (exact) mass is 270 g/mol. The first-order valence-electron chi connectivity index (χ1n) is 3.97. The Kier molecular flexibility index (Phi) is 7.87. The maximum atomic E-state index is 5.32. The van der Waals surface area contributed by atoms with E-state index in [0.717, 1.165) is 11.0 Å². The van der Waals surface area contributed by atoms with E-state index >= 15 is 0 Å². The fourth-order valence-corrected chi connectivity index (χ4v) is 0.619. The van der Waals surface area contributed by atoms with Crippen molar-refractivity contribution in [2.75, 3.05) is 48.4 Å². The molecule has 0 N–H and O–H groups in total.